The van der Waals surface area contributed by atoms with Crippen LogP contribution in [0.2, 0.25) is 10.4 Å². The van der Waals surface area contributed by atoms with Crippen molar-refractivity contribution in [2.45, 2.75) is 0 Å². The van der Waals surface area contributed by atoms with E-state index in [1.165, 1.54) is 12.4 Å². The maximum Gasteiger partial charge on any atom is 0.223 e. The van der Waals surface area contributed by atoms with Gasteiger partial charge in [-0.3, -0.25) is 10.4 Å². The van der Waals surface area contributed by atoms with Crippen LogP contribution in [-0.4, -0.2) is 28.6 Å². The van der Waals surface area contributed by atoms with E-state index in [2.05, 4.69) is 15.0 Å². The van der Waals surface area contributed by atoms with Gasteiger partial charge in [-0.2, -0.15) is 0 Å². The first-order valence-electron chi connectivity index (χ1n) is 3.60. The summed E-state index contributed by atoms with van der Waals surface area (Å²) in [5.74, 6) is -0.0211. The number of amidine groups is 1. The first kappa shape index (κ1) is 10.9. The lowest BCUT2D eigenvalue weighted by Crippen LogP contribution is -2.13. The second-order valence-corrected chi connectivity index (χ2v) is 3.08. The van der Waals surface area contributed by atoms with Gasteiger partial charge in [0.1, 0.15) is 11.0 Å². The molecular formula is C7H7Cl2N5. The molecule has 3 N–H and O–H groups in total. The highest BCUT2D eigenvalue weighted by molar-refractivity contribution is 6.33. The predicted molar refractivity (Wildman–Crippen MR) is 56.4 cm³/mol. The molecule has 0 aromatic carbocycles. The van der Waals surface area contributed by atoms with Gasteiger partial charge in [0.25, 0.3) is 0 Å². The summed E-state index contributed by atoms with van der Waals surface area (Å²) >= 11 is 11.2. The van der Waals surface area contributed by atoms with Crippen LogP contribution in [0.5, 0.6) is 0 Å². The predicted octanol–water partition coefficient (Wildman–Crippen LogP) is 1.14. The zero-order valence-electron chi connectivity index (χ0n) is 7.04. The summed E-state index contributed by atoms with van der Waals surface area (Å²) in [5.41, 5.74) is 5.64. The molecular weight excluding hydrogens is 225 g/mol. The molecule has 0 unspecified atom stereocenters. The maximum absolute atomic E-state index is 6.93. The van der Waals surface area contributed by atoms with Crippen LogP contribution < -0.4 is 5.73 Å². The number of rotatable bonds is 3. The molecule has 0 aliphatic carbocycles. The molecule has 0 spiro atoms. The SMILES string of the molecule is N=C(N)CN=Cc1cnc(Cl)nc1Cl. The zero-order valence-corrected chi connectivity index (χ0v) is 8.55. The van der Waals surface area contributed by atoms with Gasteiger partial charge in [0.15, 0.2) is 0 Å². The van der Waals surface area contributed by atoms with Gasteiger partial charge in [0, 0.05) is 18.0 Å². The molecule has 74 valence electrons. The molecule has 0 radical (unpaired) electrons. The van der Waals surface area contributed by atoms with Gasteiger partial charge in [-0.15, -0.1) is 0 Å². The molecule has 0 atom stereocenters. The summed E-state index contributed by atoms with van der Waals surface area (Å²) in [7, 11) is 0. The quantitative estimate of drug-likeness (QED) is 0.354. The lowest BCUT2D eigenvalue weighted by Gasteiger charge is -1.96. The Morgan fingerprint density at radius 3 is 2.93 bits per heavy atom. The number of nitrogens with two attached hydrogens (primary N) is 1. The van der Waals surface area contributed by atoms with Crippen molar-refractivity contribution in [1.29, 1.82) is 5.41 Å². The summed E-state index contributed by atoms with van der Waals surface area (Å²) in [6.07, 6.45) is 2.89. The molecule has 0 fully saturated rings. The van der Waals surface area contributed by atoms with Gasteiger partial charge in [0.05, 0.1) is 6.54 Å². The Hall–Kier alpha value is -1.20. The van der Waals surface area contributed by atoms with Crippen molar-refractivity contribution >= 4 is 35.3 Å². The van der Waals surface area contributed by atoms with Crippen LogP contribution in [0.15, 0.2) is 11.2 Å². The van der Waals surface area contributed by atoms with E-state index in [1.54, 1.807) is 0 Å². The molecule has 0 aliphatic rings. The van der Waals surface area contributed by atoms with E-state index in [0.29, 0.717) is 5.56 Å². The van der Waals surface area contributed by atoms with Crippen LogP contribution >= 0.6 is 23.2 Å². The minimum Gasteiger partial charge on any atom is -0.386 e. The van der Waals surface area contributed by atoms with Crippen molar-refractivity contribution in [3.8, 4) is 0 Å². The van der Waals surface area contributed by atoms with E-state index in [9.17, 15) is 0 Å². The first-order valence-corrected chi connectivity index (χ1v) is 4.36. The molecule has 0 bridgehead atoms. The number of hydrogen-bond acceptors (Lipinski definition) is 4. The van der Waals surface area contributed by atoms with Crippen molar-refractivity contribution in [3.63, 3.8) is 0 Å². The highest BCUT2D eigenvalue weighted by Crippen LogP contribution is 2.11. The van der Waals surface area contributed by atoms with Crippen molar-refractivity contribution in [2.24, 2.45) is 10.7 Å². The molecule has 1 heterocycles. The molecule has 5 nitrogen and oxygen atoms in total. The highest BCUT2D eigenvalue weighted by Gasteiger charge is 2.00. The molecule has 1 aromatic rings. The molecule has 0 aliphatic heterocycles. The van der Waals surface area contributed by atoms with E-state index >= 15 is 0 Å². The Morgan fingerprint density at radius 2 is 2.36 bits per heavy atom. The van der Waals surface area contributed by atoms with E-state index in [1.807, 2.05) is 0 Å². The monoisotopic (exact) mass is 231 g/mol. The molecule has 14 heavy (non-hydrogen) atoms. The van der Waals surface area contributed by atoms with Gasteiger partial charge in [-0.1, -0.05) is 11.6 Å². The van der Waals surface area contributed by atoms with Crippen molar-refractivity contribution in [3.05, 3.63) is 22.2 Å². The van der Waals surface area contributed by atoms with Crippen LogP contribution in [0.25, 0.3) is 0 Å². The largest absolute Gasteiger partial charge is 0.386 e. The summed E-state index contributed by atoms with van der Waals surface area (Å²) in [5, 5.41) is 7.23. The normalized spacial score (nSPS) is 10.7. The minimum absolute atomic E-state index is 0.0211. The number of hydrogen-bond donors (Lipinski definition) is 2. The van der Waals surface area contributed by atoms with Crippen molar-refractivity contribution in [2.75, 3.05) is 6.54 Å². The summed E-state index contributed by atoms with van der Waals surface area (Å²) < 4.78 is 0. The van der Waals surface area contributed by atoms with E-state index < -0.39 is 0 Å². The Balaban J connectivity index is 2.76. The van der Waals surface area contributed by atoms with E-state index in [0.717, 1.165) is 0 Å². The average molecular weight is 232 g/mol. The fraction of sp³-hybridized carbons (Fsp3) is 0.143. The second kappa shape index (κ2) is 4.88. The smallest absolute Gasteiger partial charge is 0.223 e. The van der Waals surface area contributed by atoms with Crippen LogP contribution in [0.3, 0.4) is 0 Å². The number of aliphatic imine (C=N–C) groups is 1. The number of nitrogens with zero attached hydrogens (tertiary/aromatic N) is 3. The molecule has 1 rings (SSSR count). The highest BCUT2D eigenvalue weighted by atomic mass is 35.5. The number of nitrogens with one attached hydrogen (secondary N) is 1. The molecule has 0 saturated heterocycles. The number of aromatic nitrogens is 2. The molecule has 7 heteroatoms. The van der Waals surface area contributed by atoms with Gasteiger partial charge in [-0.25, -0.2) is 9.97 Å². The molecule has 0 saturated carbocycles. The maximum atomic E-state index is 6.93. The third-order valence-electron chi connectivity index (χ3n) is 1.23. The minimum atomic E-state index is -0.0211. The van der Waals surface area contributed by atoms with Gasteiger partial charge >= 0.3 is 0 Å². The second-order valence-electron chi connectivity index (χ2n) is 2.38. The van der Waals surface area contributed by atoms with Gasteiger partial charge in [0.2, 0.25) is 5.28 Å². The number of halogens is 2. The van der Waals surface area contributed by atoms with Crippen molar-refractivity contribution in [1.82, 2.24) is 9.97 Å². The van der Waals surface area contributed by atoms with Gasteiger partial charge < -0.3 is 5.73 Å². The topological polar surface area (TPSA) is 88.0 Å². The lowest BCUT2D eigenvalue weighted by molar-refractivity contribution is 1.16. The van der Waals surface area contributed by atoms with Crippen LogP contribution in [0.4, 0.5) is 0 Å². The van der Waals surface area contributed by atoms with Crippen molar-refractivity contribution < 1.29 is 0 Å². The summed E-state index contributed by atoms with van der Waals surface area (Å²) in [6.45, 7) is 0.124. The van der Waals surface area contributed by atoms with Gasteiger partial charge in [-0.05, 0) is 11.6 Å². The average Bonchev–Trinajstić information content (AvgIpc) is 2.08. The fourth-order valence-corrected chi connectivity index (χ4v) is 1.03. The third kappa shape index (κ3) is 3.27. The zero-order chi connectivity index (χ0) is 10.6. The third-order valence-corrected chi connectivity index (χ3v) is 1.72. The fourth-order valence-electron chi connectivity index (χ4n) is 0.679. The summed E-state index contributed by atoms with van der Waals surface area (Å²) in [4.78, 5) is 11.3. The van der Waals surface area contributed by atoms with Crippen LogP contribution in [0, 0.1) is 5.41 Å². The lowest BCUT2D eigenvalue weighted by atomic mass is 10.4. The Morgan fingerprint density at radius 1 is 1.64 bits per heavy atom. The van der Waals surface area contributed by atoms with Crippen LogP contribution in [0.1, 0.15) is 5.56 Å². The Labute approximate surface area is 90.5 Å². The van der Waals surface area contributed by atoms with E-state index in [-0.39, 0.29) is 22.8 Å². The standard InChI is InChI=1S/C7H7Cl2N5/c8-6-4(1-12-3-5(10)11)2-13-7(9)14-6/h1-2H,3H2,(H3,10,11). The Bertz CT molecular complexity index is 376. The first-order chi connectivity index (χ1) is 6.59. The molecule has 0 amide bonds. The Kier molecular flexibility index (Phi) is 3.79. The molecule has 1 aromatic heterocycles. The van der Waals surface area contributed by atoms with Crippen LogP contribution in [-0.2, 0) is 0 Å². The summed E-state index contributed by atoms with van der Waals surface area (Å²) in [6, 6.07) is 0. The van der Waals surface area contributed by atoms with E-state index in [4.69, 9.17) is 34.3 Å².